The first-order valence-electron chi connectivity index (χ1n) is 5.87. The van der Waals surface area contributed by atoms with Crippen molar-refractivity contribution in [2.24, 2.45) is 11.8 Å². The third kappa shape index (κ3) is 1.45. The van der Waals surface area contributed by atoms with E-state index in [9.17, 15) is 5.11 Å². The van der Waals surface area contributed by atoms with Crippen molar-refractivity contribution in [2.45, 2.75) is 18.4 Å². The molecular weight excluding hydrogens is 269 g/mol. The molecule has 2 aliphatic rings. The van der Waals surface area contributed by atoms with Crippen molar-refractivity contribution in [3.05, 3.63) is 45.5 Å². The molecule has 1 aromatic carbocycles. The van der Waals surface area contributed by atoms with E-state index in [-0.39, 0.29) is 17.4 Å². The minimum atomic E-state index is -0.902. The Bertz CT molecular complexity index is 551. The van der Waals surface area contributed by atoms with E-state index < -0.39 is 5.60 Å². The molecule has 1 fully saturated rings. The Hall–Kier alpha value is -1.01. The third-order valence-electron chi connectivity index (χ3n) is 4.11. The SMILES string of the molecule is N#Cc1c(Cl)cc(C2(O)C3C=CC2CC3)cc1Cl. The summed E-state index contributed by atoms with van der Waals surface area (Å²) in [5.74, 6) is 0.255. The molecule has 2 unspecified atom stereocenters. The van der Waals surface area contributed by atoms with Crippen LogP contribution in [-0.2, 0) is 5.60 Å². The highest BCUT2D eigenvalue weighted by molar-refractivity contribution is 6.36. The predicted molar refractivity (Wildman–Crippen MR) is 70.4 cm³/mol. The van der Waals surface area contributed by atoms with Crippen LogP contribution in [-0.4, -0.2) is 5.11 Å². The van der Waals surface area contributed by atoms with Crippen LogP contribution in [0.15, 0.2) is 24.3 Å². The van der Waals surface area contributed by atoms with E-state index in [0.29, 0.717) is 15.6 Å². The quantitative estimate of drug-likeness (QED) is 0.798. The summed E-state index contributed by atoms with van der Waals surface area (Å²) in [6.07, 6.45) is 6.09. The summed E-state index contributed by atoms with van der Waals surface area (Å²) in [6, 6.07) is 5.31. The molecule has 1 aromatic rings. The number of rotatable bonds is 1. The molecule has 0 radical (unpaired) electrons. The lowest BCUT2D eigenvalue weighted by Gasteiger charge is -2.29. The number of hydrogen-bond donors (Lipinski definition) is 1. The number of hydrogen-bond acceptors (Lipinski definition) is 2. The first-order chi connectivity index (χ1) is 8.57. The molecule has 1 N–H and O–H groups in total. The van der Waals surface area contributed by atoms with Crippen LogP contribution in [0.4, 0.5) is 0 Å². The average molecular weight is 280 g/mol. The first kappa shape index (κ1) is 12.0. The standard InChI is InChI=1S/C14H11Cl2NO/c15-12-5-10(6-13(16)11(12)7-17)14(18)8-1-2-9(14)4-3-8/h1-2,5-6,8-9,18H,3-4H2. The van der Waals surface area contributed by atoms with Crippen LogP contribution in [0.2, 0.25) is 10.0 Å². The van der Waals surface area contributed by atoms with Gasteiger partial charge < -0.3 is 5.11 Å². The van der Waals surface area contributed by atoms with Gasteiger partial charge in [-0.3, -0.25) is 0 Å². The lowest BCUT2D eigenvalue weighted by atomic mass is 9.83. The van der Waals surface area contributed by atoms with Gasteiger partial charge in [0.25, 0.3) is 0 Å². The van der Waals surface area contributed by atoms with E-state index in [4.69, 9.17) is 28.5 Å². The second-order valence-corrected chi connectivity index (χ2v) is 5.74. The van der Waals surface area contributed by atoms with Crippen molar-refractivity contribution in [2.75, 3.05) is 0 Å². The van der Waals surface area contributed by atoms with Gasteiger partial charge in [-0.1, -0.05) is 35.4 Å². The van der Waals surface area contributed by atoms with Crippen LogP contribution in [0.25, 0.3) is 0 Å². The summed E-state index contributed by atoms with van der Waals surface area (Å²) in [7, 11) is 0. The molecule has 92 valence electrons. The number of halogens is 2. The van der Waals surface area contributed by atoms with Crippen molar-refractivity contribution >= 4 is 23.2 Å². The summed E-state index contributed by atoms with van der Waals surface area (Å²) in [4.78, 5) is 0. The lowest BCUT2D eigenvalue weighted by molar-refractivity contribution is -0.00179. The molecule has 2 atom stereocenters. The Labute approximate surface area is 115 Å². The van der Waals surface area contributed by atoms with Crippen molar-refractivity contribution in [1.82, 2.24) is 0 Å². The fourth-order valence-corrected chi connectivity index (χ4v) is 3.74. The number of nitriles is 1. The highest BCUT2D eigenvalue weighted by Gasteiger charge is 2.51. The molecule has 4 heteroatoms. The zero-order valence-corrected chi connectivity index (χ0v) is 11.0. The minimum absolute atomic E-state index is 0.127. The van der Waals surface area contributed by atoms with Gasteiger partial charge in [0.2, 0.25) is 0 Å². The summed E-state index contributed by atoms with van der Waals surface area (Å²) in [5.41, 5.74) is 0.0827. The van der Waals surface area contributed by atoms with Gasteiger partial charge in [-0.2, -0.15) is 5.26 Å². The second-order valence-electron chi connectivity index (χ2n) is 4.93. The zero-order chi connectivity index (χ0) is 12.9. The Balaban J connectivity index is 2.12. The Morgan fingerprint density at radius 2 is 1.67 bits per heavy atom. The molecular formula is C14H11Cl2NO. The summed E-state index contributed by atoms with van der Waals surface area (Å²) in [6.45, 7) is 0. The molecule has 2 nitrogen and oxygen atoms in total. The van der Waals surface area contributed by atoms with Crippen molar-refractivity contribution in [1.29, 1.82) is 5.26 Å². The van der Waals surface area contributed by atoms with E-state index in [2.05, 4.69) is 12.2 Å². The van der Waals surface area contributed by atoms with E-state index in [1.807, 2.05) is 6.07 Å². The fourth-order valence-electron chi connectivity index (χ4n) is 3.17. The second kappa shape index (κ2) is 3.99. The average Bonchev–Trinajstić information content (AvgIpc) is 2.84. The van der Waals surface area contributed by atoms with Crippen LogP contribution in [0.5, 0.6) is 0 Å². The number of benzene rings is 1. The molecule has 0 aromatic heterocycles. The highest BCUT2D eigenvalue weighted by atomic mass is 35.5. The number of fused-ring (bicyclic) bond motifs is 2. The number of aliphatic hydroxyl groups is 1. The summed E-state index contributed by atoms with van der Waals surface area (Å²) < 4.78 is 0. The van der Waals surface area contributed by atoms with Gasteiger partial charge in [0.15, 0.2) is 0 Å². The van der Waals surface area contributed by atoms with Crippen LogP contribution < -0.4 is 0 Å². The van der Waals surface area contributed by atoms with Crippen molar-refractivity contribution < 1.29 is 5.11 Å². The first-order valence-corrected chi connectivity index (χ1v) is 6.63. The summed E-state index contributed by atoms with van der Waals surface area (Å²) >= 11 is 12.1. The maximum Gasteiger partial charge on any atom is 0.102 e. The van der Waals surface area contributed by atoms with Crippen LogP contribution in [0.3, 0.4) is 0 Å². The van der Waals surface area contributed by atoms with Gasteiger partial charge in [0.05, 0.1) is 15.6 Å². The highest BCUT2D eigenvalue weighted by Crippen LogP contribution is 2.54. The van der Waals surface area contributed by atoms with Crippen molar-refractivity contribution in [3.63, 3.8) is 0 Å². The maximum absolute atomic E-state index is 10.9. The summed E-state index contributed by atoms with van der Waals surface area (Å²) in [5, 5.41) is 20.5. The largest absolute Gasteiger partial charge is 0.384 e. The van der Waals surface area contributed by atoms with Crippen LogP contribution in [0, 0.1) is 23.2 Å². The van der Waals surface area contributed by atoms with E-state index >= 15 is 0 Å². The molecule has 2 bridgehead atoms. The lowest BCUT2D eigenvalue weighted by Crippen LogP contribution is -2.31. The van der Waals surface area contributed by atoms with Gasteiger partial charge in [-0.05, 0) is 30.5 Å². The molecule has 18 heavy (non-hydrogen) atoms. The maximum atomic E-state index is 10.9. The van der Waals surface area contributed by atoms with Gasteiger partial charge in [0.1, 0.15) is 11.7 Å². The van der Waals surface area contributed by atoms with E-state index in [1.54, 1.807) is 12.1 Å². The molecule has 0 amide bonds. The van der Waals surface area contributed by atoms with Gasteiger partial charge in [-0.15, -0.1) is 0 Å². The molecule has 0 saturated heterocycles. The van der Waals surface area contributed by atoms with Gasteiger partial charge >= 0.3 is 0 Å². The molecule has 0 heterocycles. The molecule has 1 saturated carbocycles. The molecule has 0 aliphatic heterocycles. The fraction of sp³-hybridized carbons (Fsp3) is 0.357. The Morgan fingerprint density at radius 3 is 2.06 bits per heavy atom. The predicted octanol–water partition coefficient (Wildman–Crippen LogP) is 3.65. The minimum Gasteiger partial charge on any atom is -0.384 e. The zero-order valence-electron chi connectivity index (χ0n) is 9.53. The van der Waals surface area contributed by atoms with Crippen LogP contribution in [0.1, 0.15) is 24.0 Å². The monoisotopic (exact) mass is 279 g/mol. The molecule has 2 aliphatic carbocycles. The smallest absolute Gasteiger partial charge is 0.102 e. The van der Waals surface area contributed by atoms with E-state index in [1.165, 1.54) is 0 Å². The van der Waals surface area contributed by atoms with Crippen molar-refractivity contribution in [3.8, 4) is 6.07 Å². The molecule has 3 rings (SSSR count). The molecule has 0 spiro atoms. The van der Waals surface area contributed by atoms with Crippen LogP contribution >= 0.6 is 23.2 Å². The van der Waals surface area contributed by atoms with E-state index in [0.717, 1.165) is 12.8 Å². The number of nitrogens with zero attached hydrogens (tertiary/aromatic N) is 1. The van der Waals surface area contributed by atoms with Gasteiger partial charge in [-0.25, -0.2) is 0 Å². The normalized spacial score (nSPS) is 32.8. The third-order valence-corrected chi connectivity index (χ3v) is 4.71. The topological polar surface area (TPSA) is 44.0 Å². The van der Waals surface area contributed by atoms with Gasteiger partial charge in [0, 0.05) is 11.8 Å². The Morgan fingerprint density at radius 1 is 1.17 bits per heavy atom. The Kier molecular flexibility index (Phi) is 2.67.